The Bertz CT molecular complexity index is 976. The Morgan fingerprint density at radius 1 is 0.815 bits per heavy atom. The van der Waals surface area contributed by atoms with Crippen molar-refractivity contribution in [1.82, 2.24) is 10.3 Å². The minimum absolute atomic E-state index is 0.101. The summed E-state index contributed by atoms with van der Waals surface area (Å²) in [5.74, 6) is 0.652. The molecule has 134 valence electrons. The number of aromatic nitrogens is 1. The standard InChI is InChI=1S/C24H22N2O/c1-18-12-14-20(15-13-18)23(19-8-4-2-5-9-19)25-16-22-17-27-24(26-22)21-10-6-3-7-11-21/h2-15,17,23,25H,16H2,1H3. The second kappa shape index (κ2) is 8.02. The molecule has 0 aliphatic rings. The van der Waals surface area contributed by atoms with Gasteiger partial charge in [-0.25, -0.2) is 4.98 Å². The van der Waals surface area contributed by atoms with E-state index in [4.69, 9.17) is 4.42 Å². The Morgan fingerprint density at radius 2 is 1.44 bits per heavy atom. The first-order chi connectivity index (χ1) is 13.3. The van der Waals surface area contributed by atoms with Gasteiger partial charge in [0.1, 0.15) is 6.26 Å². The second-order valence-electron chi connectivity index (χ2n) is 6.65. The van der Waals surface area contributed by atoms with Crippen LogP contribution in [0.25, 0.3) is 11.5 Å². The van der Waals surface area contributed by atoms with Crippen LogP contribution in [0.5, 0.6) is 0 Å². The average molecular weight is 354 g/mol. The second-order valence-corrected chi connectivity index (χ2v) is 6.65. The zero-order valence-corrected chi connectivity index (χ0v) is 15.3. The van der Waals surface area contributed by atoms with Crippen LogP contribution in [0.2, 0.25) is 0 Å². The summed E-state index contributed by atoms with van der Waals surface area (Å²) in [7, 11) is 0. The number of aryl methyl sites for hydroxylation is 1. The molecule has 1 aromatic heterocycles. The van der Waals surface area contributed by atoms with Gasteiger partial charge in [-0.05, 0) is 30.2 Å². The average Bonchev–Trinajstić information content (AvgIpc) is 3.20. The van der Waals surface area contributed by atoms with E-state index in [1.165, 1.54) is 16.7 Å². The molecule has 0 saturated heterocycles. The highest BCUT2D eigenvalue weighted by atomic mass is 16.3. The van der Waals surface area contributed by atoms with E-state index in [2.05, 4.69) is 65.8 Å². The van der Waals surface area contributed by atoms with Crippen LogP contribution in [0, 0.1) is 6.92 Å². The molecule has 4 rings (SSSR count). The summed E-state index contributed by atoms with van der Waals surface area (Å²) in [6.45, 7) is 2.74. The quantitative estimate of drug-likeness (QED) is 0.495. The van der Waals surface area contributed by atoms with Gasteiger partial charge >= 0.3 is 0 Å². The molecule has 3 nitrogen and oxygen atoms in total. The van der Waals surface area contributed by atoms with Crippen molar-refractivity contribution in [3.05, 3.63) is 114 Å². The van der Waals surface area contributed by atoms with E-state index >= 15 is 0 Å². The van der Waals surface area contributed by atoms with Crippen molar-refractivity contribution in [2.24, 2.45) is 0 Å². The summed E-state index contributed by atoms with van der Waals surface area (Å²) in [5.41, 5.74) is 5.60. The van der Waals surface area contributed by atoms with Crippen molar-refractivity contribution in [2.45, 2.75) is 19.5 Å². The van der Waals surface area contributed by atoms with Gasteiger partial charge in [-0.3, -0.25) is 0 Å². The van der Waals surface area contributed by atoms with Gasteiger partial charge in [-0.15, -0.1) is 0 Å². The highest BCUT2D eigenvalue weighted by Gasteiger charge is 2.14. The third kappa shape index (κ3) is 4.15. The summed E-state index contributed by atoms with van der Waals surface area (Å²) in [5, 5.41) is 3.63. The third-order valence-electron chi connectivity index (χ3n) is 4.60. The lowest BCUT2D eigenvalue weighted by Gasteiger charge is -2.19. The van der Waals surface area contributed by atoms with Crippen molar-refractivity contribution in [3.8, 4) is 11.5 Å². The van der Waals surface area contributed by atoms with Crippen molar-refractivity contribution in [3.63, 3.8) is 0 Å². The molecule has 0 radical (unpaired) electrons. The van der Waals surface area contributed by atoms with Crippen LogP contribution in [0.4, 0.5) is 0 Å². The highest BCUT2D eigenvalue weighted by molar-refractivity contribution is 5.52. The number of hydrogen-bond acceptors (Lipinski definition) is 3. The van der Waals surface area contributed by atoms with Crippen molar-refractivity contribution < 1.29 is 4.42 Å². The molecular weight excluding hydrogens is 332 g/mol. The predicted octanol–water partition coefficient (Wildman–Crippen LogP) is 5.53. The normalized spacial score (nSPS) is 12.0. The fourth-order valence-electron chi connectivity index (χ4n) is 3.14. The van der Waals surface area contributed by atoms with E-state index in [9.17, 15) is 0 Å². The zero-order valence-electron chi connectivity index (χ0n) is 15.3. The largest absolute Gasteiger partial charge is 0.444 e. The van der Waals surface area contributed by atoms with Crippen LogP contribution in [-0.4, -0.2) is 4.98 Å². The molecule has 4 aromatic rings. The Labute approximate surface area is 159 Å². The van der Waals surface area contributed by atoms with E-state index in [-0.39, 0.29) is 6.04 Å². The fourth-order valence-corrected chi connectivity index (χ4v) is 3.14. The topological polar surface area (TPSA) is 38.1 Å². The molecule has 3 heteroatoms. The molecule has 1 atom stereocenters. The van der Waals surface area contributed by atoms with E-state index < -0.39 is 0 Å². The molecule has 3 aromatic carbocycles. The predicted molar refractivity (Wildman–Crippen MR) is 108 cm³/mol. The Balaban J connectivity index is 1.54. The van der Waals surface area contributed by atoms with Crippen molar-refractivity contribution in [2.75, 3.05) is 0 Å². The van der Waals surface area contributed by atoms with E-state index in [0.29, 0.717) is 12.4 Å². The monoisotopic (exact) mass is 354 g/mol. The molecule has 1 unspecified atom stereocenters. The van der Waals surface area contributed by atoms with Crippen LogP contribution >= 0.6 is 0 Å². The lowest BCUT2D eigenvalue weighted by Crippen LogP contribution is -2.22. The number of benzene rings is 3. The van der Waals surface area contributed by atoms with Crippen molar-refractivity contribution >= 4 is 0 Å². The lowest BCUT2D eigenvalue weighted by atomic mass is 9.98. The third-order valence-corrected chi connectivity index (χ3v) is 4.60. The maximum Gasteiger partial charge on any atom is 0.226 e. The summed E-state index contributed by atoms with van der Waals surface area (Å²) in [6, 6.07) is 29.2. The summed E-state index contributed by atoms with van der Waals surface area (Å²) in [6.07, 6.45) is 1.73. The van der Waals surface area contributed by atoms with Crippen LogP contribution in [0.3, 0.4) is 0 Å². The van der Waals surface area contributed by atoms with Crippen LogP contribution in [-0.2, 0) is 6.54 Å². The number of oxazole rings is 1. The molecule has 0 saturated carbocycles. The molecule has 0 aliphatic heterocycles. The maximum absolute atomic E-state index is 5.66. The minimum atomic E-state index is 0.101. The molecule has 0 aliphatic carbocycles. The van der Waals surface area contributed by atoms with Crippen molar-refractivity contribution in [1.29, 1.82) is 0 Å². The first-order valence-electron chi connectivity index (χ1n) is 9.14. The van der Waals surface area contributed by atoms with E-state index in [1.54, 1.807) is 6.26 Å². The van der Waals surface area contributed by atoms with Gasteiger partial charge in [0.2, 0.25) is 5.89 Å². The Kier molecular flexibility index (Phi) is 5.13. The molecule has 0 bridgehead atoms. The van der Waals surface area contributed by atoms with Gasteiger partial charge in [0.15, 0.2) is 0 Å². The molecule has 1 N–H and O–H groups in total. The minimum Gasteiger partial charge on any atom is -0.444 e. The number of rotatable bonds is 6. The highest BCUT2D eigenvalue weighted by Crippen LogP contribution is 2.24. The Hall–Kier alpha value is -3.17. The van der Waals surface area contributed by atoms with E-state index in [1.807, 2.05) is 36.4 Å². The van der Waals surface area contributed by atoms with Gasteiger partial charge in [-0.1, -0.05) is 78.4 Å². The first-order valence-corrected chi connectivity index (χ1v) is 9.14. The number of nitrogens with zero attached hydrogens (tertiary/aromatic N) is 1. The summed E-state index contributed by atoms with van der Waals surface area (Å²) in [4.78, 5) is 4.62. The fraction of sp³-hybridized carbons (Fsp3) is 0.125. The summed E-state index contributed by atoms with van der Waals surface area (Å²) >= 11 is 0. The number of hydrogen-bond donors (Lipinski definition) is 1. The van der Waals surface area contributed by atoms with Crippen LogP contribution in [0.1, 0.15) is 28.4 Å². The maximum atomic E-state index is 5.66. The van der Waals surface area contributed by atoms with E-state index in [0.717, 1.165) is 11.3 Å². The van der Waals surface area contributed by atoms with Gasteiger partial charge in [0.25, 0.3) is 0 Å². The molecule has 27 heavy (non-hydrogen) atoms. The number of nitrogens with one attached hydrogen (secondary N) is 1. The molecule has 0 amide bonds. The van der Waals surface area contributed by atoms with Gasteiger partial charge in [0.05, 0.1) is 11.7 Å². The molecule has 0 spiro atoms. The molecular formula is C24H22N2O. The first kappa shape index (κ1) is 17.3. The SMILES string of the molecule is Cc1ccc(C(NCc2coc(-c3ccccc3)n2)c2ccccc2)cc1. The van der Waals surface area contributed by atoms with Gasteiger partial charge in [0, 0.05) is 12.1 Å². The smallest absolute Gasteiger partial charge is 0.226 e. The van der Waals surface area contributed by atoms with Crippen LogP contribution in [0.15, 0.2) is 95.6 Å². The van der Waals surface area contributed by atoms with Crippen LogP contribution < -0.4 is 5.32 Å². The van der Waals surface area contributed by atoms with Gasteiger partial charge < -0.3 is 9.73 Å². The molecule has 0 fully saturated rings. The lowest BCUT2D eigenvalue weighted by molar-refractivity contribution is 0.564. The zero-order chi connectivity index (χ0) is 18.5. The Morgan fingerprint density at radius 3 is 2.15 bits per heavy atom. The summed E-state index contributed by atoms with van der Waals surface area (Å²) < 4.78 is 5.66. The van der Waals surface area contributed by atoms with Gasteiger partial charge in [-0.2, -0.15) is 0 Å². The molecule has 1 heterocycles.